The smallest absolute Gasteiger partial charge is 0.235 e. The molecule has 1 aliphatic rings. The number of rotatable bonds is 8. The Labute approximate surface area is 208 Å². The number of nitriles is 1. The summed E-state index contributed by atoms with van der Waals surface area (Å²) in [5.41, 5.74) is 2.66. The van der Waals surface area contributed by atoms with Crippen LogP contribution < -0.4 is 10.1 Å². The number of nitrogens with one attached hydrogen (secondary N) is 1. The monoisotopic (exact) mass is 495 g/mol. The molecule has 1 N–H and O–H groups in total. The minimum absolute atomic E-state index is 0.141. The zero-order valence-electron chi connectivity index (χ0n) is 19.6. The first kappa shape index (κ1) is 24.3. The van der Waals surface area contributed by atoms with E-state index < -0.39 is 0 Å². The van der Waals surface area contributed by atoms with Crippen LogP contribution >= 0.6 is 23.1 Å². The molecular formula is C25H29N5O2S2. The van der Waals surface area contributed by atoms with Crippen LogP contribution in [0.5, 0.6) is 5.75 Å². The van der Waals surface area contributed by atoms with Gasteiger partial charge in [-0.15, -0.1) is 21.5 Å². The zero-order valence-corrected chi connectivity index (χ0v) is 21.2. The van der Waals surface area contributed by atoms with Gasteiger partial charge in [0, 0.05) is 11.4 Å². The Morgan fingerprint density at radius 3 is 2.76 bits per heavy atom. The maximum absolute atomic E-state index is 12.8. The Morgan fingerprint density at radius 1 is 1.21 bits per heavy atom. The minimum Gasteiger partial charge on any atom is -0.493 e. The van der Waals surface area contributed by atoms with Crippen molar-refractivity contribution < 1.29 is 9.53 Å². The number of ether oxygens (including phenoxy) is 1. The van der Waals surface area contributed by atoms with Gasteiger partial charge in [0.05, 0.1) is 23.5 Å². The zero-order chi connectivity index (χ0) is 23.9. The van der Waals surface area contributed by atoms with Crippen LogP contribution in [0, 0.1) is 11.3 Å². The van der Waals surface area contributed by atoms with Gasteiger partial charge in [0.15, 0.2) is 11.0 Å². The second-order valence-electron chi connectivity index (χ2n) is 8.05. The Hall–Kier alpha value is -2.83. The Balaban J connectivity index is 1.47. The Kier molecular flexibility index (Phi) is 8.25. The molecule has 0 unspecified atom stereocenters. The number of nitrogens with zero attached hydrogens (tertiary/aromatic N) is 4. The Bertz CT molecular complexity index is 1190. The molecule has 1 amide bonds. The number of anilines is 1. The molecule has 34 heavy (non-hydrogen) atoms. The van der Waals surface area contributed by atoms with Crippen molar-refractivity contribution in [1.29, 1.82) is 5.26 Å². The predicted molar refractivity (Wildman–Crippen MR) is 137 cm³/mol. The number of hydrogen-bond donors (Lipinski definition) is 1. The van der Waals surface area contributed by atoms with Crippen LogP contribution in [-0.4, -0.2) is 33.0 Å². The molecule has 3 aromatic rings. The molecule has 7 nitrogen and oxygen atoms in total. The lowest BCUT2D eigenvalue weighted by Gasteiger charge is -2.11. The van der Waals surface area contributed by atoms with Gasteiger partial charge in [-0.2, -0.15) is 5.26 Å². The van der Waals surface area contributed by atoms with E-state index in [0.29, 0.717) is 28.9 Å². The van der Waals surface area contributed by atoms with Gasteiger partial charge in [-0.05, 0) is 57.2 Å². The van der Waals surface area contributed by atoms with Crippen molar-refractivity contribution in [1.82, 2.24) is 14.8 Å². The molecular weight excluding hydrogens is 466 g/mol. The van der Waals surface area contributed by atoms with Crippen LogP contribution in [0.4, 0.5) is 5.00 Å². The van der Waals surface area contributed by atoms with E-state index in [1.807, 2.05) is 42.7 Å². The van der Waals surface area contributed by atoms with Crippen molar-refractivity contribution >= 4 is 34.0 Å². The average Bonchev–Trinajstić information content (AvgIpc) is 3.38. The van der Waals surface area contributed by atoms with Crippen molar-refractivity contribution in [2.24, 2.45) is 0 Å². The molecule has 178 valence electrons. The number of para-hydroxylation sites is 1. The first-order valence-electron chi connectivity index (χ1n) is 11.8. The van der Waals surface area contributed by atoms with Gasteiger partial charge >= 0.3 is 0 Å². The average molecular weight is 496 g/mol. The van der Waals surface area contributed by atoms with Crippen molar-refractivity contribution in [2.75, 3.05) is 17.7 Å². The fourth-order valence-corrected chi connectivity index (χ4v) is 6.29. The van der Waals surface area contributed by atoms with Crippen LogP contribution in [0.15, 0.2) is 29.4 Å². The summed E-state index contributed by atoms with van der Waals surface area (Å²) in [5, 5.41) is 22.8. The van der Waals surface area contributed by atoms with E-state index in [2.05, 4.69) is 21.6 Å². The van der Waals surface area contributed by atoms with E-state index in [-0.39, 0.29) is 11.7 Å². The number of thiophene rings is 1. The molecule has 0 saturated heterocycles. The molecule has 0 aliphatic heterocycles. The summed E-state index contributed by atoms with van der Waals surface area (Å²) in [6.07, 6.45) is 6.59. The molecule has 0 radical (unpaired) electrons. The number of aryl methyl sites for hydroxylation is 1. The summed E-state index contributed by atoms with van der Waals surface area (Å²) in [7, 11) is 0. The van der Waals surface area contributed by atoms with E-state index >= 15 is 0 Å². The number of fused-ring (bicyclic) bond motifs is 1. The standard InChI is InChI=1S/C25H29N5O2S2/c1-3-30-23(18-12-9-10-13-20(18)32-4-2)28-29-25(30)33-16-22(31)27-24-19(15-26)17-11-7-5-6-8-14-21(17)34-24/h9-10,12-13H,3-8,11,14,16H2,1-2H3,(H,27,31). The summed E-state index contributed by atoms with van der Waals surface area (Å²) >= 11 is 2.91. The number of hydrogen-bond acceptors (Lipinski definition) is 7. The van der Waals surface area contributed by atoms with Gasteiger partial charge in [-0.25, -0.2) is 0 Å². The van der Waals surface area contributed by atoms with E-state index in [4.69, 9.17) is 4.74 Å². The number of carbonyl (C=O) groups excluding carboxylic acids is 1. The fourth-order valence-electron chi connectivity index (χ4n) is 4.23. The molecule has 9 heteroatoms. The second kappa shape index (κ2) is 11.5. The first-order valence-corrected chi connectivity index (χ1v) is 13.6. The van der Waals surface area contributed by atoms with Gasteiger partial charge < -0.3 is 14.6 Å². The van der Waals surface area contributed by atoms with E-state index in [1.165, 1.54) is 29.5 Å². The van der Waals surface area contributed by atoms with Crippen LogP contribution in [0.2, 0.25) is 0 Å². The van der Waals surface area contributed by atoms with Gasteiger partial charge in [-0.1, -0.05) is 36.7 Å². The first-order chi connectivity index (χ1) is 16.7. The van der Waals surface area contributed by atoms with Gasteiger partial charge in [0.1, 0.15) is 16.8 Å². The molecule has 1 aliphatic carbocycles. The van der Waals surface area contributed by atoms with Gasteiger partial charge in [-0.3, -0.25) is 4.79 Å². The van der Waals surface area contributed by atoms with E-state index in [9.17, 15) is 10.1 Å². The summed E-state index contributed by atoms with van der Waals surface area (Å²) in [5.74, 6) is 1.54. The lowest BCUT2D eigenvalue weighted by Crippen LogP contribution is -2.14. The largest absolute Gasteiger partial charge is 0.493 e. The minimum atomic E-state index is -0.141. The molecule has 0 spiro atoms. The highest BCUT2D eigenvalue weighted by molar-refractivity contribution is 7.99. The SMILES string of the molecule is CCOc1ccccc1-c1nnc(SCC(=O)Nc2sc3c(c2C#N)CCCCCC3)n1CC. The summed E-state index contributed by atoms with van der Waals surface area (Å²) < 4.78 is 7.75. The summed E-state index contributed by atoms with van der Waals surface area (Å²) in [4.78, 5) is 14.1. The molecule has 1 aromatic carbocycles. The van der Waals surface area contributed by atoms with Crippen molar-refractivity contribution in [3.8, 4) is 23.2 Å². The number of thioether (sulfide) groups is 1. The van der Waals surface area contributed by atoms with Crippen LogP contribution in [-0.2, 0) is 24.2 Å². The highest BCUT2D eigenvalue weighted by Crippen LogP contribution is 2.37. The lowest BCUT2D eigenvalue weighted by molar-refractivity contribution is -0.113. The topological polar surface area (TPSA) is 92.8 Å². The Morgan fingerprint density at radius 2 is 2.00 bits per heavy atom. The highest BCUT2D eigenvalue weighted by Gasteiger charge is 2.22. The third kappa shape index (κ3) is 5.29. The molecule has 2 heterocycles. The second-order valence-corrected chi connectivity index (χ2v) is 10.1. The number of aromatic nitrogens is 3. The molecule has 0 atom stereocenters. The number of benzene rings is 1. The molecule has 4 rings (SSSR count). The number of amides is 1. The summed E-state index contributed by atoms with van der Waals surface area (Å²) in [6.45, 7) is 5.21. The van der Waals surface area contributed by atoms with Crippen molar-refractivity contribution in [3.63, 3.8) is 0 Å². The quantitative estimate of drug-likeness (QED) is 0.404. The fraction of sp³-hybridized carbons (Fsp3) is 0.440. The maximum atomic E-state index is 12.8. The van der Waals surface area contributed by atoms with E-state index in [1.54, 1.807) is 11.3 Å². The third-order valence-electron chi connectivity index (χ3n) is 5.83. The molecule has 0 saturated carbocycles. The molecule has 0 bridgehead atoms. The van der Waals surface area contributed by atoms with Crippen molar-refractivity contribution in [3.05, 3.63) is 40.3 Å². The van der Waals surface area contributed by atoms with Crippen LogP contribution in [0.3, 0.4) is 0 Å². The van der Waals surface area contributed by atoms with Gasteiger partial charge in [0.2, 0.25) is 5.91 Å². The maximum Gasteiger partial charge on any atom is 0.235 e. The predicted octanol–water partition coefficient (Wildman–Crippen LogP) is 5.69. The van der Waals surface area contributed by atoms with Gasteiger partial charge in [0.25, 0.3) is 0 Å². The van der Waals surface area contributed by atoms with Crippen molar-refractivity contribution in [2.45, 2.75) is 64.1 Å². The lowest BCUT2D eigenvalue weighted by atomic mass is 9.97. The third-order valence-corrected chi connectivity index (χ3v) is 8.00. The highest BCUT2D eigenvalue weighted by atomic mass is 32.2. The molecule has 2 aromatic heterocycles. The number of carbonyl (C=O) groups is 1. The van der Waals surface area contributed by atoms with Crippen LogP contribution in [0.1, 0.15) is 55.5 Å². The van der Waals surface area contributed by atoms with Crippen LogP contribution in [0.25, 0.3) is 11.4 Å². The molecule has 0 fully saturated rings. The normalized spacial score (nSPS) is 13.4. The summed E-state index contributed by atoms with van der Waals surface area (Å²) in [6, 6.07) is 10.1. The van der Waals surface area contributed by atoms with E-state index in [0.717, 1.165) is 48.4 Å².